The highest BCUT2D eigenvalue weighted by Crippen LogP contribution is 2.35. The van der Waals surface area contributed by atoms with Crippen LogP contribution in [0.4, 0.5) is 5.13 Å². The van der Waals surface area contributed by atoms with Gasteiger partial charge >= 0.3 is 5.97 Å². The molecular formula is C12H10N2O3S2. The normalized spacial score (nSPS) is 10.2. The number of hydrogen-bond donors (Lipinski definition) is 2. The van der Waals surface area contributed by atoms with Gasteiger partial charge in [-0.15, -0.1) is 0 Å². The number of carboxylic acid groups (broad SMARTS) is 1. The van der Waals surface area contributed by atoms with E-state index < -0.39 is 5.97 Å². The molecule has 1 aromatic carbocycles. The number of nitrogens with one attached hydrogen (secondary N) is 1. The van der Waals surface area contributed by atoms with Gasteiger partial charge < -0.3 is 10.4 Å². The summed E-state index contributed by atoms with van der Waals surface area (Å²) in [5.41, 5.74) is 0.252. The molecule has 1 heterocycles. The standard InChI is InChI=1S/C12H10N2O3S2/c1-7(15)14-12-13-6-10(19-12)18-9-5-3-2-4-8(9)11(16)17/h2-6H,1H3,(H,16,17)(H,13,14,15). The molecule has 2 N–H and O–H groups in total. The maximum atomic E-state index is 11.1. The van der Waals surface area contributed by atoms with E-state index in [0.29, 0.717) is 10.0 Å². The first kappa shape index (κ1) is 13.6. The van der Waals surface area contributed by atoms with Crippen molar-refractivity contribution in [3.8, 4) is 0 Å². The molecule has 0 fully saturated rings. The second-order valence-corrected chi connectivity index (χ2v) is 5.94. The van der Waals surface area contributed by atoms with Gasteiger partial charge in [0.05, 0.1) is 16.0 Å². The summed E-state index contributed by atoms with van der Waals surface area (Å²) in [7, 11) is 0. The molecule has 0 atom stereocenters. The fourth-order valence-corrected chi connectivity index (χ4v) is 3.36. The largest absolute Gasteiger partial charge is 0.478 e. The number of carboxylic acids is 1. The van der Waals surface area contributed by atoms with Crippen LogP contribution in [-0.4, -0.2) is 22.0 Å². The molecule has 7 heteroatoms. The van der Waals surface area contributed by atoms with Crippen LogP contribution in [0.25, 0.3) is 0 Å². The summed E-state index contributed by atoms with van der Waals surface area (Å²) in [4.78, 5) is 26.7. The highest BCUT2D eigenvalue weighted by atomic mass is 32.2. The molecule has 0 saturated heterocycles. The van der Waals surface area contributed by atoms with Gasteiger partial charge in [-0.1, -0.05) is 35.2 Å². The Morgan fingerprint density at radius 1 is 1.37 bits per heavy atom. The summed E-state index contributed by atoms with van der Waals surface area (Å²) >= 11 is 2.62. The third-order valence-electron chi connectivity index (χ3n) is 2.10. The highest BCUT2D eigenvalue weighted by molar-refractivity contribution is 8.01. The smallest absolute Gasteiger partial charge is 0.336 e. The molecule has 1 amide bonds. The number of carbonyl (C=O) groups is 2. The molecule has 0 saturated carbocycles. The fraction of sp³-hybridized carbons (Fsp3) is 0.0833. The van der Waals surface area contributed by atoms with Gasteiger partial charge in [0.1, 0.15) is 0 Å². The Labute approximate surface area is 117 Å². The van der Waals surface area contributed by atoms with Gasteiger partial charge in [0, 0.05) is 11.8 Å². The number of anilines is 1. The first-order valence-electron chi connectivity index (χ1n) is 5.30. The lowest BCUT2D eigenvalue weighted by Crippen LogP contribution is -2.04. The number of rotatable bonds is 4. The molecule has 0 radical (unpaired) electrons. The fourth-order valence-electron chi connectivity index (χ4n) is 1.36. The monoisotopic (exact) mass is 294 g/mol. The van der Waals surface area contributed by atoms with Crippen LogP contribution in [0, 0.1) is 0 Å². The van der Waals surface area contributed by atoms with Gasteiger partial charge in [-0.3, -0.25) is 4.79 Å². The number of amides is 1. The summed E-state index contributed by atoms with van der Waals surface area (Å²) < 4.78 is 0.817. The van der Waals surface area contributed by atoms with E-state index in [1.54, 1.807) is 30.5 Å². The van der Waals surface area contributed by atoms with E-state index in [1.807, 2.05) is 0 Å². The van der Waals surface area contributed by atoms with Gasteiger partial charge in [0.25, 0.3) is 0 Å². The zero-order valence-corrected chi connectivity index (χ0v) is 11.5. The zero-order chi connectivity index (χ0) is 13.8. The second-order valence-electron chi connectivity index (χ2n) is 3.57. The lowest BCUT2D eigenvalue weighted by molar-refractivity contribution is -0.114. The number of nitrogens with zero attached hydrogens (tertiary/aromatic N) is 1. The van der Waals surface area contributed by atoms with Gasteiger partial charge in [-0.25, -0.2) is 9.78 Å². The van der Waals surface area contributed by atoms with Crippen LogP contribution in [0.3, 0.4) is 0 Å². The van der Waals surface area contributed by atoms with Crippen molar-refractivity contribution in [3.63, 3.8) is 0 Å². The quantitative estimate of drug-likeness (QED) is 0.906. The zero-order valence-electron chi connectivity index (χ0n) is 9.91. The first-order chi connectivity index (χ1) is 9.06. The Bertz CT molecular complexity index is 625. The van der Waals surface area contributed by atoms with Crippen LogP contribution in [-0.2, 0) is 4.79 Å². The summed E-state index contributed by atoms with van der Waals surface area (Å²) in [6.07, 6.45) is 1.61. The first-order valence-corrected chi connectivity index (χ1v) is 6.93. The summed E-state index contributed by atoms with van der Waals surface area (Å²) in [6.45, 7) is 1.41. The third kappa shape index (κ3) is 3.55. The van der Waals surface area contributed by atoms with Crippen LogP contribution < -0.4 is 5.32 Å². The van der Waals surface area contributed by atoms with Crippen molar-refractivity contribution in [2.75, 3.05) is 5.32 Å². The van der Waals surface area contributed by atoms with E-state index in [0.717, 1.165) is 4.21 Å². The minimum absolute atomic E-state index is 0.183. The van der Waals surface area contributed by atoms with Crippen LogP contribution in [0.15, 0.2) is 39.6 Å². The van der Waals surface area contributed by atoms with Gasteiger partial charge in [-0.05, 0) is 12.1 Å². The lowest BCUT2D eigenvalue weighted by atomic mass is 10.2. The molecule has 2 aromatic rings. The van der Waals surface area contributed by atoms with E-state index in [2.05, 4.69) is 10.3 Å². The molecule has 0 aliphatic carbocycles. The van der Waals surface area contributed by atoms with Crippen LogP contribution in [0.1, 0.15) is 17.3 Å². The molecule has 0 unspecified atom stereocenters. The molecular weight excluding hydrogens is 284 g/mol. The van der Waals surface area contributed by atoms with E-state index in [9.17, 15) is 9.59 Å². The Hall–Kier alpha value is -1.86. The summed E-state index contributed by atoms with van der Waals surface area (Å²) in [5, 5.41) is 12.2. The molecule has 0 aliphatic heterocycles. The number of aromatic nitrogens is 1. The Balaban J connectivity index is 2.19. The van der Waals surface area contributed by atoms with Gasteiger partial charge in [0.2, 0.25) is 5.91 Å². The highest BCUT2D eigenvalue weighted by Gasteiger charge is 2.12. The SMILES string of the molecule is CC(=O)Nc1ncc(Sc2ccccc2C(=O)O)s1. The lowest BCUT2D eigenvalue weighted by Gasteiger charge is -2.02. The number of aromatic carboxylic acids is 1. The average molecular weight is 294 g/mol. The Morgan fingerprint density at radius 3 is 2.79 bits per heavy atom. The van der Waals surface area contributed by atoms with Crippen molar-refractivity contribution in [1.82, 2.24) is 4.98 Å². The average Bonchev–Trinajstić information content (AvgIpc) is 2.76. The maximum absolute atomic E-state index is 11.1. The van der Waals surface area contributed by atoms with Gasteiger partial charge in [0.15, 0.2) is 5.13 Å². The van der Waals surface area contributed by atoms with Crippen molar-refractivity contribution in [2.24, 2.45) is 0 Å². The molecule has 19 heavy (non-hydrogen) atoms. The number of carbonyl (C=O) groups excluding carboxylic acids is 1. The third-order valence-corrected chi connectivity index (χ3v) is 4.19. The molecule has 5 nitrogen and oxygen atoms in total. The molecule has 1 aromatic heterocycles. The predicted octanol–water partition coefficient (Wildman–Crippen LogP) is 2.95. The minimum Gasteiger partial charge on any atom is -0.478 e. The van der Waals surface area contributed by atoms with Crippen molar-refractivity contribution in [3.05, 3.63) is 36.0 Å². The van der Waals surface area contributed by atoms with E-state index in [4.69, 9.17) is 5.11 Å². The molecule has 0 bridgehead atoms. The Morgan fingerprint density at radius 2 is 2.11 bits per heavy atom. The van der Waals surface area contributed by atoms with E-state index in [1.165, 1.54) is 30.0 Å². The Kier molecular flexibility index (Phi) is 4.18. The second kappa shape index (κ2) is 5.85. The maximum Gasteiger partial charge on any atom is 0.336 e. The molecule has 0 aliphatic rings. The molecule has 2 rings (SSSR count). The van der Waals surface area contributed by atoms with Gasteiger partial charge in [-0.2, -0.15) is 0 Å². The number of thiazole rings is 1. The van der Waals surface area contributed by atoms with Crippen molar-refractivity contribution in [2.45, 2.75) is 16.0 Å². The van der Waals surface area contributed by atoms with Crippen LogP contribution in [0.2, 0.25) is 0 Å². The van der Waals surface area contributed by atoms with E-state index >= 15 is 0 Å². The van der Waals surface area contributed by atoms with Crippen LogP contribution in [0.5, 0.6) is 0 Å². The minimum atomic E-state index is -0.963. The van der Waals surface area contributed by atoms with Crippen molar-refractivity contribution < 1.29 is 14.7 Å². The topological polar surface area (TPSA) is 79.3 Å². The molecule has 98 valence electrons. The summed E-state index contributed by atoms with van der Waals surface area (Å²) in [6, 6.07) is 6.76. The van der Waals surface area contributed by atoms with Crippen molar-refractivity contribution >= 4 is 40.1 Å². The van der Waals surface area contributed by atoms with Crippen molar-refractivity contribution in [1.29, 1.82) is 0 Å². The number of hydrogen-bond acceptors (Lipinski definition) is 5. The van der Waals surface area contributed by atoms with Crippen LogP contribution >= 0.6 is 23.1 Å². The predicted molar refractivity (Wildman–Crippen MR) is 73.9 cm³/mol. The van der Waals surface area contributed by atoms with E-state index in [-0.39, 0.29) is 11.5 Å². The number of benzene rings is 1. The summed E-state index contributed by atoms with van der Waals surface area (Å²) in [5.74, 6) is -1.15. The molecule has 0 spiro atoms.